The first-order valence-electron chi connectivity index (χ1n) is 11.7. The number of hydrogen-bond donors (Lipinski definition) is 2. The predicted octanol–water partition coefficient (Wildman–Crippen LogP) is 5.80. The van der Waals surface area contributed by atoms with Gasteiger partial charge in [0.25, 0.3) is 0 Å². The number of ether oxygens (including phenoxy) is 2. The zero-order valence-corrected chi connectivity index (χ0v) is 20.9. The van der Waals surface area contributed by atoms with Crippen molar-refractivity contribution in [3.05, 3.63) is 87.9 Å². The summed E-state index contributed by atoms with van der Waals surface area (Å²) in [6, 6.07) is 19.5. The van der Waals surface area contributed by atoms with Crippen molar-refractivity contribution in [2.75, 3.05) is 36.5 Å². The van der Waals surface area contributed by atoms with E-state index in [9.17, 15) is 4.79 Å². The Morgan fingerprint density at radius 1 is 1.06 bits per heavy atom. The van der Waals surface area contributed by atoms with E-state index in [1.54, 1.807) is 24.0 Å². The molecule has 2 aliphatic rings. The minimum atomic E-state index is -0.137. The number of H-pyrrole nitrogens is 1. The Labute approximate surface area is 217 Å². The normalized spacial score (nSPS) is 14.5. The first kappa shape index (κ1) is 23.0. The summed E-state index contributed by atoms with van der Waals surface area (Å²) >= 11 is 7.65. The van der Waals surface area contributed by atoms with E-state index < -0.39 is 0 Å². The van der Waals surface area contributed by atoms with Crippen molar-refractivity contribution in [2.45, 2.75) is 16.3 Å². The number of hydrogen-bond acceptors (Lipinski definition) is 7. The van der Waals surface area contributed by atoms with Crippen LogP contribution in [0.3, 0.4) is 0 Å². The number of para-hydroxylation sites is 1. The van der Waals surface area contributed by atoms with Gasteiger partial charge in [0, 0.05) is 48.8 Å². The quantitative estimate of drug-likeness (QED) is 0.285. The summed E-state index contributed by atoms with van der Waals surface area (Å²) in [5, 5.41) is 3.91. The van der Waals surface area contributed by atoms with Gasteiger partial charge in [0.2, 0.25) is 5.56 Å². The number of nitrogens with one attached hydrogen (secondary N) is 2. The van der Waals surface area contributed by atoms with Crippen LogP contribution in [0.1, 0.15) is 5.56 Å². The van der Waals surface area contributed by atoms with Crippen LogP contribution in [-0.4, -0.2) is 36.3 Å². The monoisotopic (exact) mass is 518 g/mol. The number of fused-ring (bicyclic) bond motifs is 2. The second-order valence-corrected chi connectivity index (χ2v) is 10.0. The van der Waals surface area contributed by atoms with Crippen LogP contribution in [0.15, 0.2) is 81.4 Å². The second kappa shape index (κ2) is 9.89. The Balaban J connectivity index is 1.26. The van der Waals surface area contributed by atoms with Crippen molar-refractivity contribution in [1.29, 1.82) is 0 Å². The van der Waals surface area contributed by atoms with Crippen LogP contribution in [0.4, 0.5) is 11.4 Å². The molecule has 0 unspecified atom stereocenters. The summed E-state index contributed by atoms with van der Waals surface area (Å²) < 4.78 is 11.9. The number of benzene rings is 2. The molecule has 9 heteroatoms. The first-order chi connectivity index (χ1) is 17.6. The van der Waals surface area contributed by atoms with E-state index in [2.05, 4.69) is 26.3 Å². The van der Waals surface area contributed by atoms with Crippen molar-refractivity contribution in [3.8, 4) is 22.8 Å². The summed E-state index contributed by atoms with van der Waals surface area (Å²) in [5.74, 6) is 1.53. The van der Waals surface area contributed by atoms with E-state index in [0.717, 1.165) is 62.6 Å². The summed E-state index contributed by atoms with van der Waals surface area (Å²) in [6.07, 6.45) is 1.70. The molecule has 0 amide bonds. The fourth-order valence-electron chi connectivity index (χ4n) is 4.36. The standard InChI is InChI=1S/C27H23ClN4O3S/c28-25-12-17(6-7-29-25)16-30-18-4-5-22-24(13-18)36-23-3-1-2-20(27(23)35-22)21-14-19(15-26(33)31-21)32-8-10-34-11-9-32/h1-7,12-15,30H,8-11,16H2,(H,31,33). The number of nitrogens with zero attached hydrogens (tertiary/aromatic N) is 2. The number of aromatic nitrogens is 2. The van der Waals surface area contributed by atoms with Gasteiger partial charge in [0.05, 0.1) is 28.7 Å². The topological polar surface area (TPSA) is 79.5 Å². The first-order valence-corrected chi connectivity index (χ1v) is 12.9. The second-order valence-electron chi connectivity index (χ2n) is 8.55. The van der Waals surface area contributed by atoms with Crippen molar-refractivity contribution in [3.63, 3.8) is 0 Å². The molecule has 6 rings (SSSR count). The molecule has 2 N–H and O–H groups in total. The number of halogens is 1. The maximum absolute atomic E-state index is 12.5. The fraction of sp³-hybridized carbons (Fsp3) is 0.185. The Hall–Kier alpha value is -3.46. The summed E-state index contributed by atoms with van der Waals surface area (Å²) in [6.45, 7) is 3.49. The van der Waals surface area contributed by atoms with Crippen LogP contribution >= 0.6 is 23.4 Å². The number of morpholine rings is 1. The molecule has 4 aromatic rings. The molecular formula is C27H23ClN4O3S. The largest absolute Gasteiger partial charge is 0.454 e. The van der Waals surface area contributed by atoms with Gasteiger partial charge >= 0.3 is 0 Å². The molecule has 0 aliphatic carbocycles. The van der Waals surface area contributed by atoms with E-state index in [-0.39, 0.29) is 5.56 Å². The molecule has 0 atom stereocenters. The van der Waals surface area contributed by atoms with Gasteiger partial charge < -0.3 is 24.7 Å². The summed E-state index contributed by atoms with van der Waals surface area (Å²) in [4.78, 5) is 23.8. The highest BCUT2D eigenvalue weighted by Gasteiger charge is 2.23. The molecule has 2 aromatic heterocycles. The van der Waals surface area contributed by atoms with E-state index in [1.165, 1.54) is 0 Å². The third-order valence-electron chi connectivity index (χ3n) is 6.14. The molecule has 0 spiro atoms. The molecule has 1 saturated heterocycles. The maximum Gasteiger partial charge on any atom is 0.250 e. The van der Waals surface area contributed by atoms with Gasteiger partial charge in [-0.2, -0.15) is 0 Å². The molecule has 7 nitrogen and oxygen atoms in total. The van der Waals surface area contributed by atoms with Crippen LogP contribution in [0.5, 0.6) is 11.5 Å². The third kappa shape index (κ3) is 4.80. The van der Waals surface area contributed by atoms with Gasteiger partial charge in [-0.05, 0) is 54.1 Å². The van der Waals surface area contributed by atoms with E-state index in [1.807, 2.05) is 48.5 Å². The lowest BCUT2D eigenvalue weighted by atomic mass is 10.1. The summed E-state index contributed by atoms with van der Waals surface area (Å²) in [7, 11) is 0. The Bertz CT molecular complexity index is 1490. The van der Waals surface area contributed by atoms with E-state index in [0.29, 0.717) is 24.9 Å². The highest BCUT2D eigenvalue weighted by molar-refractivity contribution is 7.99. The van der Waals surface area contributed by atoms with Crippen LogP contribution in [0.2, 0.25) is 5.15 Å². The van der Waals surface area contributed by atoms with Crippen molar-refractivity contribution in [1.82, 2.24) is 9.97 Å². The third-order valence-corrected chi connectivity index (χ3v) is 7.42. The van der Waals surface area contributed by atoms with Crippen molar-refractivity contribution in [2.24, 2.45) is 0 Å². The van der Waals surface area contributed by atoms with E-state index in [4.69, 9.17) is 21.1 Å². The molecule has 2 aliphatic heterocycles. The number of anilines is 2. The van der Waals surface area contributed by atoms with Gasteiger partial charge in [-0.1, -0.05) is 29.4 Å². The van der Waals surface area contributed by atoms with Gasteiger partial charge in [-0.25, -0.2) is 4.98 Å². The van der Waals surface area contributed by atoms with Crippen LogP contribution in [0, 0.1) is 0 Å². The van der Waals surface area contributed by atoms with Crippen LogP contribution in [0.25, 0.3) is 11.3 Å². The van der Waals surface area contributed by atoms with Crippen LogP contribution < -0.4 is 20.5 Å². The van der Waals surface area contributed by atoms with Crippen LogP contribution in [-0.2, 0) is 11.3 Å². The predicted molar refractivity (Wildman–Crippen MR) is 143 cm³/mol. The highest BCUT2D eigenvalue weighted by Crippen LogP contribution is 2.51. The average Bonchev–Trinajstić information content (AvgIpc) is 2.90. The zero-order chi connectivity index (χ0) is 24.5. The number of pyridine rings is 2. The average molecular weight is 519 g/mol. The number of rotatable bonds is 5. The van der Waals surface area contributed by atoms with Crippen molar-refractivity contribution < 1.29 is 9.47 Å². The number of aromatic amines is 1. The lowest BCUT2D eigenvalue weighted by molar-refractivity contribution is 0.122. The Morgan fingerprint density at radius 3 is 2.81 bits per heavy atom. The molecular weight excluding hydrogens is 496 g/mol. The Kier molecular flexibility index (Phi) is 6.31. The molecule has 0 bridgehead atoms. The minimum absolute atomic E-state index is 0.137. The molecule has 1 fully saturated rings. The lowest BCUT2D eigenvalue weighted by Crippen LogP contribution is -2.36. The van der Waals surface area contributed by atoms with Gasteiger partial charge in [-0.3, -0.25) is 4.79 Å². The van der Waals surface area contributed by atoms with E-state index >= 15 is 0 Å². The van der Waals surface area contributed by atoms with Gasteiger partial charge in [0.15, 0.2) is 5.75 Å². The zero-order valence-electron chi connectivity index (χ0n) is 19.3. The smallest absolute Gasteiger partial charge is 0.250 e. The highest BCUT2D eigenvalue weighted by atomic mass is 35.5. The summed E-state index contributed by atoms with van der Waals surface area (Å²) in [5.41, 5.74) is 4.39. The van der Waals surface area contributed by atoms with Gasteiger partial charge in [0.1, 0.15) is 10.9 Å². The maximum atomic E-state index is 12.5. The molecule has 4 heterocycles. The lowest BCUT2D eigenvalue weighted by Gasteiger charge is -2.29. The molecule has 0 saturated carbocycles. The molecule has 2 aromatic carbocycles. The SMILES string of the molecule is O=c1cc(N2CCOCC2)cc(-c2cccc3c2Oc2ccc(NCc4ccnc(Cl)c4)cc2S3)[nH]1. The van der Waals surface area contributed by atoms with Crippen molar-refractivity contribution >= 4 is 34.7 Å². The van der Waals surface area contributed by atoms with Gasteiger partial charge in [-0.15, -0.1) is 0 Å². The molecule has 36 heavy (non-hydrogen) atoms. The molecule has 182 valence electrons. The fourth-order valence-corrected chi connectivity index (χ4v) is 5.58. The Morgan fingerprint density at radius 2 is 1.94 bits per heavy atom. The molecule has 0 radical (unpaired) electrons. The minimum Gasteiger partial charge on any atom is -0.454 e.